The van der Waals surface area contributed by atoms with Crippen LogP contribution < -0.4 is 0 Å². The van der Waals surface area contributed by atoms with E-state index in [2.05, 4.69) is 4.90 Å². The highest BCUT2D eigenvalue weighted by Gasteiger charge is 2.36. The highest BCUT2D eigenvalue weighted by molar-refractivity contribution is 6.00. The second kappa shape index (κ2) is 6.86. The van der Waals surface area contributed by atoms with Crippen molar-refractivity contribution in [1.82, 2.24) is 4.90 Å². The first-order chi connectivity index (χ1) is 12.6. The van der Waals surface area contributed by atoms with E-state index in [9.17, 15) is 15.0 Å². The van der Waals surface area contributed by atoms with Crippen LogP contribution in [-0.4, -0.2) is 40.5 Å². The molecule has 136 valence electrons. The molecule has 1 fully saturated rings. The Hall–Kier alpha value is -2.17. The van der Waals surface area contributed by atoms with Crippen molar-refractivity contribution < 1.29 is 15.0 Å². The summed E-state index contributed by atoms with van der Waals surface area (Å²) in [7, 11) is 0. The summed E-state index contributed by atoms with van der Waals surface area (Å²) in [4.78, 5) is 15.1. The topological polar surface area (TPSA) is 60.8 Å². The molecule has 1 aliphatic carbocycles. The Morgan fingerprint density at radius 2 is 1.77 bits per heavy atom. The number of hydrogen-bond acceptors (Lipinski definition) is 4. The van der Waals surface area contributed by atoms with Gasteiger partial charge in [-0.05, 0) is 37.3 Å². The lowest BCUT2D eigenvalue weighted by Gasteiger charge is -2.40. The van der Waals surface area contributed by atoms with Crippen molar-refractivity contribution >= 4 is 5.78 Å². The van der Waals surface area contributed by atoms with Gasteiger partial charge in [0.15, 0.2) is 5.78 Å². The predicted molar refractivity (Wildman–Crippen MR) is 100 cm³/mol. The van der Waals surface area contributed by atoms with Crippen LogP contribution >= 0.6 is 0 Å². The quantitative estimate of drug-likeness (QED) is 0.892. The maximum absolute atomic E-state index is 12.8. The molecular weight excluding hydrogens is 326 g/mol. The zero-order valence-electron chi connectivity index (χ0n) is 14.9. The Balaban J connectivity index is 1.40. The third-order valence-corrected chi connectivity index (χ3v) is 6.00. The minimum absolute atomic E-state index is 0.0211. The molecule has 0 spiro atoms. The molecule has 1 saturated heterocycles. The van der Waals surface area contributed by atoms with Gasteiger partial charge in [-0.1, -0.05) is 42.5 Å². The normalized spacial score (nSPS) is 22.8. The number of phenolic OH excluding ortho intramolecular Hbond substituents is 1. The molecule has 4 heteroatoms. The standard InChI is InChI=1S/C22H25NO3/c24-20-8-4-7-19-18(20)10-9-16(21(19)25)15-23-13-11-22(26,12-14-23)17-5-2-1-3-6-17/h1-8,16,24,26H,9-15H2. The van der Waals surface area contributed by atoms with Crippen molar-refractivity contribution in [3.63, 3.8) is 0 Å². The van der Waals surface area contributed by atoms with Crippen LogP contribution in [0.15, 0.2) is 48.5 Å². The van der Waals surface area contributed by atoms with Gasteiger partial charge in [0, 0.05) is 36.7 Å². The summed E-state index contributed by atoms with van der Waals surface area (Å²) in [5.74, 6) is 0.360. The number of aliphatic hydroxyl groups is 1. The minimum Gasteiger partial charge on any atom is -0.508 e. The van der Waals surface area contributed by atoms with Gasteiger partial charge in [-0.3, -0.25) is 4.79 Å². The summed E-state index contributed by atoms with van der Waals surface area (Å²) in [5.41, 5.74) is 1.70. The average molecular weight is 351 g/mol. The van der Waals surface area contributed by atoms with E-state index < -0.39 is 5.60 Å². The number of rotatable bonds is 3. The van der Waals surface area contributed by atoms with Crippen LogP contribution in [0.4, 0.5) is 0 Å². The SMILES string of the molecule is O=C1c2cccc(O)c2CCC1CN1CCC(O)(c2ccccc2)CC1. The van der Waals surface area contributed by atoms with E-state index in [0.717, 1.165) is 43.6 Å². The highest BCUT2D eigenvalue weighted by Crippen LogP contribution is 2.35. The monoisotopic (exact) mass is 351 g/mol. The Labute approximate surface area is 154 Å². The Morgan fingerprint density at radius 3 is 2.50 bits per heavy atom. The van der Waals surface area contributed by atoms with Crippen molar-refractivity contribution in [1.29, 1.82) is 0 Å². The van der Waals surface area contributed by atoms with Crippen molar-refractivity contribution in [2.45, 2.75) is 31.3 Å². The molecule has 0 aromatic heterocycles. The zero-order chi connectivity index (χ0) is 18.1. The Bertz CT molecular complexity index is 794. The van der Waals surface area contributed by atoms with Gasteiger partial charge in [0.25, 0.3) is 0 Å². The molecule has 1 atom stereocenters. The van der Waals surface area contributed by atoms with Crippen LogP contribution in [0.1, 0.15) is 40.7 Å². The van der Waals surface area contributed by atoms with E-state index in [4.69, 9.17) is 0 Å². The molecule has 26 heavy (non-hydrogen) atoms. The second-order valence-corrected chi connectivity index (χ2v) is 7.60. The van der Waals surface area contributed by atoms with Gasteiger partial charge in [-0.15, -0.1) is 0 Å². The molecule has 0 saturated carbocycles. The van der Waals surface area contributed by atoms with Gasteiger partial charge in [-0.2, -0.15) is 0 Å². The number of hydrogen-bond donors (Lipinski definition) is 2. The second-order valence-electron chi connectivity index (χ2n) is 7.60. The minimum atomic E-state index is -0.757. The summed E-state index contributed by atoms with van der Waals surface area (Å²) in [6.07, 6.45) is 2.91. The average Bonchev–Trinajstić information content (AvgIpc) is 2.67. The van der Waals surface area contributed by atoms with Crippen LogP contribution in [0.3, 0.4) is 0 Å². The number of nitrogens with zero attached hydrogens (tertiary/aromatic N) is 1. The number of carbonyl (C=O) groups excluding carboxylic acids is 1. The molecule has 1 aliphatic heterocycles. The summed E-state index contributed by atoms with van der Waals surface area (Å²) in [6.45, 7) is 2.32. The largest absolute Gasteiger partial charge is 0.508 e. The number of phenols is 1. The number of aromatic hydroxyl groups is 1. The first kappa shape index (κ1) is 17.3. The lowest BCUT2D eigenvalue weighted by atomic mass is 9.80. The molecule has 4 nitrogen and oxygen atoms in total. The fourth-order valence-electron chi connectivity index (χ4n) is 4.37. The molecular formula is C22H25NO3. The van der Waals surface area contributed by atoms with Crippen LogP contribution in [0.2, 0.25) is 0 Å². The van der Waals surface area contributed by atoms with Gasteiger partial charge in [0.1, 0.15) is 5.75 Å². The molecule has 4 rings (SSSR count). The number of likely N-dealkylation sites (tertiary alicyclic amines) is 1. The molecule has 0 amide bonds. The lowest BCUT2D eigenvalue weighted by molar-refractivity contribution is -0.0283. The summed E-state index contributed by atoms with van der Waals surface area (Å²) in [5, 5.41) is 20.9. The Morgan fingerprint density at radius 1 is 1.04 bits per heavy atom. The van der Waals surface area contributed by atoms with Crippen molar-refractivity contribution in [3.8, 4) is 5.75 Å². The van der Waals surface area contributed by atoms with E-state index in [1.165, 1.54) is 0 Å². The smallest absolute Gasteiger partial charge is 0.167 e. The number of ketones is 1. The number of carbonyl (C=O) groups is 1. The van der Waals surface area contributed by atoms with Crippen molar-refractivity contribution in [3.05, 3.63) is 65.2 Å². The fraction of sp³-hybridized carbons (Fsp3) is 0.409. The van der Waals surface area contributed by atoms with E-state index in [0.29, 0.717) is 18.4 Å². The molecule has 2 N–H and O–H groups in total. The van der Waals surface area contributed by atoms with Crippen LogP contribution in [-0.2, 0) is 12.0 Å². The van der Waals surface area contributed by atoms with E-state index in [1.54, 1.807) is 12.1 Å². The van der Waals surface area contributed by atoms with Crippen LogP contribution in [0.5, 0.6) is 5.75 Å². The van der Waals surface area contributed by atoms with Gasteiger partial charge in [0.2, 0.25) is 0 Å². The van der Waals surface area contributed by atoms with Gasteiger partial charge in [0.05, 0.1) is 5.60 Å². The van der Waals surface area contributed by atoms with Crippen molar-refractivity contribution in [2.75, 3.05) is 19.6 Å². The molecule has 2 aromatic carbocycles. The summed E-state index contributed by atoms with van der Waals surface area (Å²) < 4.78 is 0. The van der Waals surface area contributed by atoms with Gasteiger partial charge < -0.3 is 15.1 Å². The molecule has 2 aromatic rings. The lowest BCUT2D eigenvalue weighted by Crippen LogP contribution is -2.45. The highest BCUT2D eigenvalue weighted by atomic mass is 16.3. The van der Waals surface area contributed by atoms with Gasteiger partial charge in [-0.25, -0.2) is 0 Å². The molecule has 0 bridgehead atoms. The zero-order valence-corrected chi connectivity index (χ0v) is 14.9. The Kier molecular flexibility index (Phi) is 4.55. The predicted octanol–water partition coefficient (Wildman–Crippen LogP) is 3.12. The summed E-state index contributed by atoms with van der Waals surface area (Å²) >= 11 is 0. The number of benzene rings is 2. The van der Waals surface area contributed by atoms with Crippen LogP contribution in [0, 0.1) is 5.92 Å². The first-order valence-corrected chi connectivity index (χ1v) is 9.42. The third-order valence-electron chi connectivity index (χ3n) is 6.00. The summed E-state index contributed by atoms with van der Waals surface area (Å²) in [6, 6.07) is 15.1. The van der Waals surface area contributed by atoms with Gasteiger partial charge >= 0.3 is 0 Å². The van der Waals surface area contributed by atoms with Crippen LogP contribution in [0.25, 0.3) is 0 Å². The van der Waals surface area contributed by atoms with E-state index in [-0.39, 0.29) is 17.5 Å². The number of fused-ring (bicyclic) bond motifs is 1. The third kappa shape index (κ3) is 3.15. The number of piperidine rings is 1. The maximum atomic E-state index is 12.8. The van der Waals surface area contributed by atoms with Crippen molar-refractivity contribution in [2.24, 2.45) is 5.92 Å². The molecule has 0 radical (unpaired) electrons. The van der Waals surface area contributed by atoms with E-state index >= 15 is 0 Å². The maximum Gasteiger partial charge on any atom is 0.167 e. The molecule has 1 unspecified atom stereocenters. The first-order valence-electron chi connectivity index (χ1n) is 9.42. The molecule has 2 aliphatic rings. The number of Topliss-reactive ketones (excluding diaryl/α,β-unsaturated/α-hetero) is 1. The molecule has 1 heterocycles. The van der Waals surface area contributed by atoms with E-state index in [1.807, 2.05) is 36.4 Å². The fourth-order valence-corrected chi connectivity index (χ4v) is 4.37.